The van der Waals surface area contributed by atoms with Crippen LogP contribution in [0.3, 0.4) is 0 Å². The van der Waals surface area contributed by atoms with Gasteiger partial charge in [-0.1, -0.05) is 24.3 Å². The molecule has 0 radical (unpaired) electrons. The Labute approximate surface area is 209 Å². The van der Waals surface area contributed by atoms with Gasteiger partial charge >= 0.3 is 0 Å². The highest BCUT2D eigenvalue weighted by Gasteiger charge is 2.20. The van der Waals surface area contributed by atoms with E-state index in [0.29, 0.717) is 46.5 Å². The molecule has 3 N–H and O–H groups in total. The molecular weight excluding hydrogens is 454 g/mol. The molecule has 0 aliphatic carbocycles. The van der Waals surface area contributed by atoms with Crippen molar-refractivity contribution in [2.24, 2.45) is 5.92 Å². The van der Waals surface area contributed by atoms with Gasteiger partial charge in [-0.2, -0.15) is 0 Å². The van der Waals surface area contributed by atoms with Crippen LogP contribution in [0.1, 0.15) is 23.2 Å². The van der Waals surface area contributed by atoms with E-state index < -0.39 is 0 Å². The van der Waals surface area contributed by atoms with Gasteiger partial charge in [0.15, 0.2) is 11.6 Å². The lowest BCUT2D eigenvalue weighted by molar-refractivity contribution is 0.0937. The predicted molar refractivity (Wildman–Crippen MR) is 138 cm³/mol. The van der Waals surface area contributed by atoms with E-state index >= 15 is 0 Å². The van der Waals surface area contributed by atoms with Gasteiger partial charge < -0.3 is 20.4 Å². The number of aromatic nitrogens is 3. The lowest BCUT2D eigenvalue weighted by Gasteiger charge is -2.29. The molecule has 4 aromatic rings. The van der Waals surface area contributed by atoms with Crippen LogP contribution >= 0.6 is 0 Å². The van der Waals surface area contributed by atoms with Gasteiger partial charge in [0.2, 0.25) is 0 Å². The highest BCUT2D eigenvalue weighted by Crippen LogP contribution is 2.33. The van der Waals surface area contributed by atoms with Crippen LogP contribution in [0.15, 0.2) is 72.8 Å². The Morgan fingerprint density at radius 3 is 2.31 bits per heavy atom. The van der Waals surface area contributed by atoms with Crippen molar-refractivity contribution >= 4 is 5.91 Å². The van der Waals surface area contributed by atoms with Crippen molar-refractivity contribution in [1.82, 2.24) is 25.0 Å². The minimum Gasteiger partial charge on any atom is -0.507 e. The molecule has 0 bridgehead atoms. The molecule has 184 valence electrons. The Kier molecular flexibility index (Phi) is 6.69. The molecule has 8 heteroatoms. The summed E-state index contributed by atoms with van der Waals surface area (Å²) in [6.07, 6.45) is 2.29. The number of carbonyl (C=O) groups is 1. The largest absolute Gasteiger partial charge is 0.507 e. The average Bonchev–Trinajstić information content (AvgIpc) is 3.33. The molecular formula is C28H29N5O3. The van der Waals surface area contributed by atoms with Crippen molar-refractivity contribution in [2.75, 3.05) is 26.7 Å². The molecule has 5 rings (SSSR count). The topological polar surface area (TPSA) is 104 Å². The minimum atomic E-state index is -0.107. The van der Waals surface area contributed by atoms with Gasteiger partial charge in [-0.05, 0) is 80.9 Å². The fourth-order valence-corrected chi connectivity index (χ4v) is 4.64. The van der Waals surface area contributed by atoms with Crippen LogP contribution in [0, 0.1) is 5.92 Å². The van der Waals surface area contributed by atoms with Gasteiger partial charge in [0, 0.05) is 18.7 Å². The molecule has 1 fully saturated rings. The van der Waals surface area contributed by atoms with Crippen molar-refractivity contribution in [3.8, 4) is 40.0 Å². The molecule has 8 nitrogen and oxygen atoms in total. The zero-order chi connectivity index (χ0) is 25.1. The summed E-state index contributed by atoms with van der Waals surface area (Å²) in [5.74, 6) is 1.24. The SMILES string of the molecule is CN1CCCC(CNC(=O)c2ccc(-n3nc(-c4ccccc4O)nc3-c3ccccc3O)cc2)C1. The standard InChI is InChI=1S/C28H29N5O3/c1-32-16-6-7-19(18-32)17-29-28(36)20-12-14-21(15-13-20)33-27(23-9-3-5-11-25(23)35)30-26(31-33)22-8-2-4-10-24(22)34/h2-5,8-15,19,34-35H,6-7,16-18H2,1H3,(H,29,36). The number of hydrogen-bond donors (Lipinski definition) is 3. The third-order valence-electron chi connectivity index (χ3n) is 6.54. The normalized spacial score (nSPS) is 16.1. The van der Waals surface area contributed by atoms with Gasteiger partial charge in [0.25, 0.3) is 5.91 Å². The first-order chi connectivity index (χ1) is 17.5. The smallest absolute Gasteiger partial charge is 0.251 e. The van der Waals surface area contributed by atoms with Crippen molar-refractivity contribution < 1.29 is 15.0 Å². The molecule has 36 heavy (non-hydrogen) atoms. The molecule has 1 amide bonds. The summed E-state index contributed by atoms with van der Waals surface area (Å²) >= 11 is 0. The number of phenolic OH excluding ortho intramolecular Hbond substituents is 2. The van der Waals surface area contributed by atoms with E-state index in [-0.39, 0.29) is 17.4 Å². The van der Waals surface area contributed by atoms with Crippen LogP contribution in [0.5, 0.6) is 11.5 Å². The molecule has 3 aromatic carbocycles. The van der Waals surface area contributed by atoms with Crippen LogP contribution in [-0.4, -0.2) is 62.5 Å². The van der Waals surface area contributed by atoms with Crippen LogP contribution in [-0.2, 0) is 0 Å². The Balaban J connectivity index is 1.43. The molecule has 1 aromatic heterocycles. The number of nitrogens with one attached hydrogen (secondary N) is 1. The maximum absolute atomic E-state index is 12.8. The highest BCUT2D eigenvalue weighted by atomic mass is 16.3. The average molecular weight is 484 g/mol. The van der Waals surface area contributed by atoms with Crippen molar-refractivity contribution in [2.45, 2.75) is 12.8 Å². The number of hydrogen-bond acceptors (Lipinski definition) is 6. The number of aromatic hydroxyl groups is 2. The first-order valence-corrected chi connectivity index (χ1v) is 12.1. The Bertz CT molecular complexity index is 1370. The van der Waals surface area contributed by atoms with Crippen molar-refractivity contribution in [3.63, 3.8) is 0 Å². The predicted octanol–water partition coefficient (Wildman–Crippen LogP) is 4.08. The summed E-state index contributed by atoms with van der Waals surface area (Å²) in [5.41, 5.74) is 2.23. The zero-order valence-corrected chi connectivity index (χ0v) is 20.1. The van der Waals surface area contributed by atoms with E-state index in [2.05, 4.69) is 27.3 Å². The van der Waals surface area contributed by atoms with Crippen LogP contribution < -0.4 is 5.32 Å². The Hall–Kier alpha value is -4.17. The summed E-state index contributed by atoms with van der Waals surface area (Å²) in [6.45, 7) is 2.78. The Morgan fingerprint density at radius 1 is 0.972 bits per heavy atom. The number of likely N-dealkylation sites (tertiary alicyclic amines) is 1. The van der Waals surface area contributed by atoms with Crippen LogP contribution in [0.4, 0.5) is 0 Å². The summed E-state index contributed by atoms with van der Waals surface area (Å²) in [4.78, 5) is 19.7. The lowest BCUT2D eigenvalue weighted by Crippen LogP contribution is -2.39. The number of phenols is 2. The number of rotatable bonds is 6. The zero-order valence-electron chi connectivity index (χ0n) is 20.1. The second-order valence-electron chi connectivity index (χ2n) is 9.23. The van der Waals surface area contributed by atoms with Crippen LogP contribution in [0.25, 0.3) is 28.5 Å². The first-order valence-electron chi connectivity index (χ1n) is 12.1. The molecule has 1 saturated heterocycles. The first kappa shape index (κ1) is 23.6. The monoisotopic (exact) mass is 483 g/mol. The summed E-state index contributed by atoms with van der Waals surface area (Å²) in [6, 6.07) is 20.9. The lowest BCUT2D eigenvalue weighted by atomic mass is 9.98. The number of benzene rings is 3. The van der Waals surface area contributed by atoms with Gasteiger partial charge in [-0.3, -0.25) is 4.79 Å². The van der Waals surface area contributed by atoms with E-state index in [1.54, 1.807) is 71.4 Å². The summed E-state index contributed by atoms with van der Waals surface area (Å²) in [7, 11) is 2.12. The molecule has 1 unspecified atom stereocenters. The molecule has 2 heterocycles. The second kappa shape index (κ2) is 10.2. The second-order valence-corrected chi connectivity index (χ2v) is 9.23. The van der Waals surface area contributed by atoms with Gasteiger partial charge in [-0.15, -0.1) is 5.10 Å². The molecule has 1 aliphatic rings. The summed E-state index contributed by atoms with van der Waals surface area (Å²) in [5, 5.41) is 28.5. The molecule has 1 atom stereocenters. The van der Waals surface area contributed by atoms with E-state index in [0.717, 1.165) is 25.9 Å². The summed E-state index contributed by atoms with van der Waals surface area (Å²) < 4.78 is 1.61. The maximum atomic E-state index is 12.8. The van der Waals surface area contributed by atoms with Crippen molar-refractivity contribution in [3.05, 3.63) is 78.4 Å². The fourth-order valence-electron chi connectivity index (χ4n) is 4.64. The number of carbonyl (C=O) groups excluding carboxylic acids is 1. The van der Waals surface area contributed by atoms with Gasteiger partial charge in [0.05, 0.1) is 16.8 Å². The number of nitrogens with zero attached hydrogens (tertiary/aromatic N) is 4. The number of amides is 1. The highest BCUT2D eigenvalue weighted by molar-refractivity contribution is 5.94. The van der Waals surface area contributed by atoms with Crippen molar-refractivity contribution in [1.29, 1.82) is 0 Å². The Morgan fingerprint density at radius 2 is 1.64 bits per heavy atom. The van der Waals surface area contributed by atoms with Crippen LogP contribution in [0.2, 0.25) is 0 Å². The van der Waals surface area contributed by atoms with E-state index in [1.165, 1.54) is 0 Å². The molecule has 1 aliphatic heterocycles. The maximum Gasteiger partial charge on any atom is 0.251 e. The third kappa shape index (κ3) is 4.94. The third-order valence-corrected chi connectivity index (χ3v) is 6.54. The molecule has 0 saturated carbocycles. The van der Waals surface area contributed by atoms with E-state index in [9.17, 15) is 15.0 Å². The fraction of sp³-hybridized carbons (Fsp3) is 0.250. The minimum absolute atomic E-state index is 0.0645. The van der Waals surface area contributed by atoms with E-state index in [4.69, 9.17) is 0 Å². The van der Waals surface area contributed by atoms with Gasteiger partial charge in [-0.25, -0.2) is 9.67 Å². The number of piperidine rings is 1. The number of para-hydroxylation sites is 2. The van der Waals surface area contributed by atoms with Gasteiger partial charge in [0.1, 0.15) is 11.5 Å². The molecule has 0 spiro atoms. The quantitative estimate of drug-likeness (QED) is 0.382. The van der Waals surface area contributed by atoms with E-state index in [1.807, 2.05) is 6.07 Å².